The summed E-state index contributed by atoms with van der Waals surface area (Å²) in [5.74, 6) is -8.72. The highest BCUT2D eigenvalue weighted by Gasteiger charge is 2.44. The van der Waals surface area contributed by atoms with Gasteiger partial charge in [-0.2, -0.15) is 0 Å². The Balaban J connectivity index is 0.000000641. The summed E-state index contributed by atoms with van der Waals surface area (Å²) in [6.07, 6.45) is -18.9. The molecule has 0 saturated carbocycles. The lowest BCUT2D eigenvalue weighted by Crippen LogP contribution is -2.53. The Morgan fingerprint density at radius 2 is 0.717 bits per heavy atom. The van der Waals surface area contributed by atoms with Crippen molar-refractivity contribution < 1.29 is 136 Å². The number of carboxylic acid groups (broad SMARTS) is 1. The molecule has 0 radical (unpaired) electrons. The number of aliphatic carboxylic acids is 1. The van der Waals surface area contributed by atoms with Crippen molar-refractivity contribution in [2.75, 3.05) is 28.2 Å². The van der Waals surface area contributed by atoms with E-state index in [4.69, 9.17) is 37.9 Å². The van der Waals surface area contributed by atoms with E-state index in [1.165, 1.54) is 87.0 Å². The molecule has 0 fully saturated rings. The van der Waals surface area contributed by atoms with Crippen LogP contribution in [0.3, 0.4) is 0 Å². The number of carbonyl (C=O) groups excluding carboxylic acids is 9. The van der Waals surface area contributed by atoms with E-state index < -0.39 is 186 Å². The molecule has 33 heteroatoms. The number of amides is 3. The lowest BCUT2D eigenvalue weighted by molar-refractivity contribution is -0.275. The van der Waals surface area contributed by atoms with Gasteiger partial charge in [0.2, 0.25) is 6.10 Å². The molecule has 3 amide bonds. The van der Waals surface area contributed by atoms with Crippen LogP contribution in [0.4, 0.5) is 44.7 Å². The van der Waals surface area contributed by atoms with Gasteiger partial charge in [0, 0.05) is 46.8 Å². The van der Waals surface area contributed by atoms with E-state index in [0.717, 1.165) is 44.5 Å². The molecule has 0 saturated heterocycles. The van der Waals surface area contributed by atoms with Crippen molar-refractivity contribution >= 4 is 59.9 Å². The number of hydrogen-bond acceptors (Lipinski definition) is 21. The summed E-state index contributed by atoms with van der Waals surface area (Å²) in [5, 5.41) is 12.4. The molecule has 632 valence electrons. The van der Waals surface area contributed by atoms with E-state index in [1.807, 2.05) is 51.1 Å². The third-order valence-electron chi connectivity index (χ3n) is 15.5. The highest BCUT2D eigenvalue weighted by Crippen LogP contribution is 2.31. The Morgan fingerprint density at radius 3 is 1.03 bits per heavy atom. The predicted molar refractivity (Wildman–Crippen MR) is 397 cm³/mol. The highest BCUT2D eigenvalue weighted by atomic mass is 19.4. The number of likely N-dealkylation sites (N-methyl/N-ethyl adjacent to an activating group) is 4. The number of benzene rings is 4. The van der Waals surface area contributed by atoms with E-state index >= 15 is 4.39 Å². The third kappa shape index (κ3) is 41.0. The Bertz CT molecular complexity index is 3710. The fraction of sp³-hybridized carbons (Fsp3) is 0.575. The molecule has 0 aliphatic carbocycles. The van der Waals surface area contributed by atoms with Gasteiger partial charge in [0.1, 0.15) is 71.4 Å². The zero-order valence-corrected chi connectivity index (χ0v) is 68.1. The summed E-state index contributed by atoms with van der Waals surface area (Å²) >= 11 is 0. The smallest absolute Gasteiger partial charge is 0.478 e. The van der Waals surface area contributed by atoms with E-state index in [9.17, 15) is 83.8 Å². The number of esters is 6. The molecular weight excluding hydrogens is 1500 g/mol. The summed E-state index contributed by atoms with van der Waals surface area (Å²) < 4.78 is 155. The summed E-state index contributed by atoms with van der Waals surface area (Å²) in [6, 6.07) is 22.0. The third-order valence-corrected chi connectivity index (χ3v) is 15.5. The zero-order chi connectivity index (χ0) is 86.8. The number of carbonyl (C=O) groups is 10. The van der Waals surface area contributed by atoms with Crippen molar-refractivity contribution in [1.82, 2.24) is 20.0 Å². The maximum Gasteiger partial charge on any atom is 0.573 e. The first-order valence-corrected chi connectivity index (χ1v) is 35.9. The topological polar surface area (TPSA) is 305 Å². The molecule has 0 aliphatic rings. The zero-order valence-electron chi connectivity index (χ0n) is 68.1. The predicted octanol–water partition coefficient (Wildman–Crippen LogP) is 14.5. The van der Waals surface area contributed by atoms with Crippen LogP contribution in [0.25, 0.3) is 0 Å². The lowest BCUT2D eigenvalue weighted by Gasteiger charge is -2.35. The molecule has 0 aromatic heterocycles. The summed E-state index contributed by atoms with van der Waals surface area (Å²) in [7, 11) is 5.36. The Morgan fingerprint density at radius 1 is 0.398 bits per heavy atom. The molecule has 0 bridgehead atoms. The van der Waals surface area contributed by atoms with E-state index in [0.29, 0.717) is 12.0 Å². The van der Waals surface area contributed by atoms with Crippen molar-refractivity contribution in [3.63, 3.8) is 0 Å². The van der Waals surface area contributed by atoms with Gasteiger partial charge in [0.05, 0.1) is 0 Å². The van der Waals surface area contributed by atoms with Crippen LogP contribution < -0.4 is 14.8 Å². The maximum atomic E-state index is 15.1. The Hall–Kier alpha value is -9.82. The first kappa shape index (κ1) is 99.3. The minimum absolute atomic E-state index is 0.00402. The summed E-state index contributed by atoms with van der Waals surface area (Å²) in [6.45, 7) is 28.7. The Labute approximate surface area is 655 Å². The van der Waals surface area contributed by atoms with Crippen molar-refractivity contribution in [3.8, 4) is 11.5 Å². The molecule has 0 heterocycles. The van der Waals surface area contributed by atoms with Crippen LogP contribution in [-0.2, 0) is 102 Å². The standard InChI is InChI=1S/C40H54F4N2O10.C22H29F4NO7.C18H27NO4/c1-25(33(48)52-24-27-15-13-12-14-16-27)53-34(49)29(22-37(2,3)4)45(10)32(47)31(21-26-17-19-28(20-18-26)55-40(42,43)44)54-35(50)30(23-39(8,9)41)46(11)36(51)56-38(5,6)7;1-20(2,3)34-19(31)27(6)15(12-21(4,5)23)18(30)32-16(17(28)29)11-13-7-9-14(10-8-13)33-22(24,25)26;1-13(16(20)22-12-14-9-7-6-8-10-14)23-17(21)15(19-5)11-18(2,3)4/h12-20,25,29-31H,21-24H2,1-11H3;7-10,15-16H,11-12H2,1-6H3,(H,28,29);6-10,13,15,19H,11-12H2,1-5H3/t25-,29+,30+,31-;15-,16+;13-,15+/m101/s1. The molecule has 4 rings (SSSR count). The number of halogens is 8. The fourth-order valence-corrected chi connectivity index (χ4v) is 10.0. The number of hydrogen-bond donors (Lipinski definition) is 2. The van der Waals surface area contributed by atoms with Crippen LogP contribution >= 0.6 is 0 Å². The van der Waals surface area contributed by atoms with Gasteiger partial charge < -0.3 is 62.7 Å². The summed E-state index contributed by atoms with van der Waals surface area (Å²) in [5.41, 5.74) is -4.43. The average Bonchev–Trinajstić information content (AvgIpc) is 0.818. The van der Waals surface area contributed by atoms with Crippen molar-refractivity contribution in [2.24, 2.45) is 10.8 Å². The van der Waals surface area contributed by atoms with E-state index in [-0.39, 0.29) is 36.2 Å². The van der Waals surface area contributed by atoms with Gasteiger partial charge >= 0.3 is 66.7 Å². The van der Waals surface area contributed by atoms with Crippen molar-refractivity contribution in [3.05, 3.63) is 131 Å². The van der Waals surface area contributed by atoms with Gasteiger partial charge in [-0.15, -0.1) is 26.3 Å². The number of ether oxygens (including phenoxy) is 10. The molecule has 25 nitrogen and oxygen atoms in total. The van der Waals surface area contributed by atoms with Gasteiger partial charge in [-0.05, 0) is 160 Å². The largest absolute Gasteiger partial charge is 0.573 e. The van der Waals surface area contributed by atoms with Gasteiger partial charge in [0.15, 0.2) is 18.3 Å². The molecule has 8 atom stereocenters. The molecule has 0 aliphatic heterocycles. The van der Waals surface area contributed by atoms with Crippen LogP contribution in [0.2, 0.25) is 0 Å². The second kappa shape index (κ2) is 42.9. The number of rotatable bonds is 32. The maximum absolute atomic E-state index is 15.1. The monoisotopic (exact) mass is 1610 g/mol. The number of nitrogens with one attached hydrogen (secondary N) is 1. The van der Waals surface area contributed by atoms with Gasteiger partial charge in [0.25, 0.3) is 5.91 Å². The number of nitrogens with zero attached hydrogens (tertiary/aromatic N) is 3. The molecule has 4 aromatic rings. The van der Waals surface area contributed by atoms with Crippen LogP contribution in [-0.4, -0.2) is 192 Å². The lowest BCUT2D eigenvalue weighted by atomic mass is 9.87. The van der Waals surface area contributed by atoms with E-state index in [2.05, 4.69) is 14.8 Å². The van der Waals surface area contributed by atoms with Crippen molar-refractivity contribution in [2.45, 2.75) is 260 Å². The van der Waals surface area contributed by atoms with Crippen LogP contribution in [0.1, 0.15) is 173 Å². The fourth-order valence-electron chi connectivity index (χ4n) is 10.0. The first-order valence-electron chi connectivity index (χ1n) is 35.9. The minimum atomic E-state index is -4.97. The number of carboxylic acids is 1. The molecule has 4 aromatic carbocycles. The van der Waals surface area contributed by atoms with Crippen LogP contribution in [0.15, 0.2) is 109 Å². The average molecular weight is 1620 g/mol. The normalized spacial score (nSPS) is 14.2. The Kier molecular flexibility index (Phi) is 37.7. The SMILES string of the molecule is CN(C(=O)OC(C)(C)C)[C@@H](CC(C)(C)F)C(=O)O[C@H](Cc1ccc(OC(F)(F)F)cc1)C(=O)O.CN[C@@H](CC(C)(C)C)C(=O)O[C@H](C)C(=O)OCc1ccccc1.C[C@@H](OC(=O)[C@H](CC(C)(C)C)N(C)C(=O)[C@@H](Cc1ccc(OC(F)(F)F)cc1)OC(=O)[C@H](CC(C)(C)F)N(C)C(=O)OC(C)(C)C)C(=O)OCc1ccccc1. The van der Waals surface area contributed by atoms with E-state index in [1.54, 1.807) is 99.7 Å². The second-order valence-corrected chi connectivity index (χ2v) is 32.2. The van der Waals surface area contributed by atoms with Gasteiger partial charge in [-0.1, -0.05) is 126 Å². The molecular formula is C80H110F8N4O21. The molecule has 113 heavy (non-hydrogen) atoms. The highest BCUT2D eigenvalue weighted by molar-refractivity contribution is 5.91. The van der Waals surface area contributed by atoms with Gasteiger partial charge in [-0.25, -0.2) is 47.1 Å². The van der Waals surface area contributed by atoms with Crippen molar-refractivity contribution in [1.29, 1.82) is 0 Å². The number of alkyl halides is 8. The minimum Gasteiger partial charge on any atom is -0.478 e. The molecule has 0 spiro atoms. The molecule has 0 unspecified atom stereocenters. The summed E-state index contributed by atoms with van der Waals surface area (Å²) in [4.78, 5) is 131. The first-order chi connectivity index (χ1) is 51.5. The van der Waals surface area contributed by atoms with Crippen LogP contribution in [0, 0.1) is 10.8 Å². The molecule has 2 N–H and O–H groups in total. The van der Waals surface area contributed by atoms with Gasteiger partial charge in [-0.3, -0.25) is 19.4 Å². The van der Waals surface area contributed by atoms with Crippen LogP contribution in [0.5, 0.6) is 11.5 Å². The second-order valence-electron chi connectivity index (χ2n) is 32.2. The quantitative estimate of drug-likeness (QED) is 0.0261.